The molecule has 2 nitrogen and oxygen atoms in total. The molecule has 0 N–H and O–H groups in total. The third kappa shape index (κ3) is 1.37. The molecule has 4 heteroatoms. The van der Waals surface area contributed by atoms with Crippen LogP contribution in [-0.4, -0.2) is 0 Å². The molecule has 0 unspecified atom stereocenters. The number of aromatic nitrogens is 1. The van der Waals surface area contributed by atoms with Crippen LogP contribution in [0.15, 0.2) is 35.1 Å². The van der Waals surface area contributed by atoms with Crippen LogP contribution < -0.4 is 4.73 Å². The fraction of sp³-hybridized carbons (Fsp3) is 0. The average Bonchev–Trinajstić information content (AvgIpc) is 2.12. The molecule has 0 fully saturated rings. The highest BCUT2D eigenvalue weighted by Gasteiger charge is 2.07. The van der Waals surface area contributed by atoms with Crippen molar-refractivity contribution in [3.8, 4) is 0 Å². The predicted octanol–water partition coefficient (Wildman–Crippen LogP) is 2.37. The zero-order valence-electron chi connectivity index (χ0n) is 6.50. The van der Waals surface area contributed by atoms with Gasteiger partial charge in [-0.3, -0.25) is 0 Å². The third-order valence-electron chi connectivity index (χ3n) is 1.82. The molecule has 0 spiro atoms. The molecular formula is C9H5BrFNO. The van der Waals surface area contributed by atoms with Gasteiger partial charge in [-0.2, -0.15) is 4.73 Å². The predicted molar refractivity (Wildman–Crippen MR) is 50.6 cm³/mol. The Labute approximate surface area is 82.3 Å². The molecule has 0 aliphatic carbocycles. The summed E-state index contributed by atoms with van der Waals surface area (Å²) in [6.07, 6.45) is 1.34. The molecule has 2 aromatic rings. The Morgan fingerprint density at radius 1 is 1.31 bits per heavy atom. The largest absolute Gasteiger partial charge is 0.618 e. The van der Waals surface area contributed by atoms with Gasteiger partial charge in [0, 0.05) is 22.0 Å². The molecule has 13 heavy (non-hydrogen) atoms. The number of rotatable bonds is 0. The summed E-state index contributed by atoms with van der Waals surface area (Å²) in [6.45, 7) is 0. The Morgan fingerprint density at radius 2 is 2.08 bits per heavy atom. The molecule has 1 heterocycles. The van der Waals surface area contributed by atoms with Gasteiger partial charge in [0.2, 0.25) is 0 Å². The minimum Gasteiger partial charge on any atom is -0.618 e. The lowest BCUT2D eigenvalue weighted by Crippen LogP contribution is -2.26. The van der Waals surface area contributed by atoms with Gasteiger partial charge in [-0.15, -0.1) is 0 Å². The number of hydrogen-bond donors (Lipinski definition) is 0. The number of nitrogens with zero attached hydrogens (tertiary/aromatic N) is 1. The maximum atomic E-state index is 12.8. The summed E-state index contributed by atoms with van der Waals surface area (Å²) in [4.78, 5) is 0. The van der Waals surface area contributed by atoms with Gasteiger partial charge >= 0.3 is 0 Å². The van der Waals surface area contributed by atoms with Crippen molar-refractivity contribution in [1.29, 1.82) is 0 Å². The van der Waals surface area contributed by atoms with E-state index in [4.69, 9.17) is 0 Å². The molecule has 0 radical (unpaired) electrons. The second-order valence-corrected chi connectivity index (χ2v) is 3.42. The maximum Gasteiger partial charge on any atom is 0.267 e. The molecule has 0 aliphatic rings. The van der Waals surface area contributed by atoms with Gasteiger partial charge in [0.25, 0.3) is 4.60 Å². The van der Waals surface area contributed by atoms with Crippen LogP contribution in [0.2, 0.25) is 0 Å². The lowest BCUT2D eigenvalue weighted by Gasteiger charge is -2.01. The van der Waals surface area contributed by atoms with Crippen LogP contribution >= 0.6 is 15.9 Å². The molecule has 1 aromatic carbocycles. The van der Waals surface area contributed by atoms with Crippen LogP contribution in [0.3, 0.4) is 0 Å². The Bertz CT molecular complexity index is 472. The van der Waals surface area contributed by atoms with Crippen molar-refractivity contribution in [3.05, 3.63) is 46.1 Å². The van der Waals surface area contributed by atoms with Gasteiger partial charge in [-0.05, 0) is 23.6 Å². The molecule has 66 valence electrons. The number of halogens is 2. The quantitative estimate of drug-likeness (QED) is 0.395. The molecule has 0 bridgehead atoms. The summed E-state index contributed by atoms with van der Waals surface area (Å²) in [5.41, 5.74) is 0. The average molecular weight is 242 g/mol. The fourth-order valence-corrected chi connectivity index (χ4v) is 1.67. The first kappa shape index (κ1) is 8.44. The van der Waals surface area contributed by atoms with Gasteiger partial charge in [0.05, 0.1) is 5.39 Å². The van der Waals surface area contributed by atoms with E-state index in [9.17, 15) is 9.60 Å². The zero-order valence-corrected chi connectivity index (χ0v) is 8.08. The zero-order chi connectivity index (χ0) is 9.42. The van der Waals surface area contributed by atoms with E-state index in [-0.39, 0.29) is 5.82 Å². The summed E-state index contributed by atoms with van der Waals surface area (Å²) in [7, 11) is 0. The van der Waals surface area contributed by atoms with Crippen molar-refractivity contribution in [2.24, 2.45) is 0 Å². The molecule has 2 rings (SSSR count). The molecule has 0 atom stereocenters. The van der Waals surface area contributed by atoms with Crippen LogP contribution in [0, 0.1) is 11.0 Å². The molecular weight excluding hydrogens is 237 g/mol. The highest BCUT2D eigenvalue weighted by molar-refractivity contribution is 9.10. The Kier molecular flexibility index (Phi) is 1.92. The maximum absolute atomic E-state index is 12.8. The molecule has 0 aliphatic heterocycles. The van der Waals surface area contributed by atoms with Crippen LogP contribution in [0.5, 0.6) is 0 Å². The topological polar surface area (TPSA) is 26.9 Å². The van der Waals surface area contributed by atoms with Crippen LogP contribution in [0.25, 0.3) is 10.8 Å². The van der Waals surface area contributed by atoms with Gasteiger partial charge < -0.3 is 5.21 Å². The monoisotopic (exact) mass is 241 g/mol. The van der Waals surface area contributed by atoms with Gasteiger partial charge in [-0.25, -0.2) is 4.39 Å². The van der Waals surface area contributed by atoms with Crippen molar-refractivity contribution in [2.45, 2.75) is 0 Å². The molecule has 0 saturated heterocycles. The fourth-order valence-electron chi connectivity index (χ4n) is 1.19. The highest BCUT2D eigenvalue weighted by atomic mass is 79.9. The third-order valence-corrected chi connectivity index (χ3v) is 2.60. The first-order chi connectivity index (χ1) is 6.18. The Morgan fingerprint density at radius 3 is 2.85 bits per heavy atom. The SMILES string of the molecule is [O-][n+]1ccc2cc(F)ccc2c1Br. The Balaban J connectivity index is 2.87. The summed E-state index contributed by atoms with van der Waals surface area (Å²) in [6, 6.07) is 5.87. The Hall–Kier alpha value is -1.16. The van der Waals surface area contributed by atoms with E-state index in [0.29, 0.717) is 20.1 Å². The lowest BCUT2D eigenvalue weighted by molar-refractivity contribution is -0.615. The van der Waals surface area contributed by atoms with Crippen molar-refractivity contribution in [2.75, 3.05) is 0 Å². The first-order valence-electron chi connectivity index (χ1n) is 3.65. The van der Waals surface area contributed by atoms with Crippen LogP contribution in [0.4, 0.5) is 4.39 Å². The van der Waals surface area contributed by atoms with E-state index in [1.165, 1.54) is 18.3 Å². The lowest BCUT2D eigenvalue weighted by atomic mass is 10.2. The minimum atomic E-state index is -0.303. The number of hydrogen-bond acceptors (Lipinski definition) is 1. The van der Waals surface area contributed by atoms with E-state index >= 15 is 0 Å². The van der Waals surface area contributed by atoms with Gasteiger partial charge in [0.15, 0.2) is 6.20 Å². The minimum absolute atomic E-state index is 0.303. The van der Waals surface area contributed by atoms with Crippen molar-refractivity contribution in [3.63, 3.8) is 0 Å². The van der Waals surface area contributed by atoms with Crippen molar-refractivity contribution >= 4 is 26.7 Å². The first-order valence-corrected chi connectivity index (χ1v) is 4.45. The molecule has 0 amide bonds. The van der Waals surface area contributed by atoms with E-state index in [2.05, 4.69) is 15.9 Å². The van der Waals surface area contributed by atoms with Gasteiger partial charge in [0.1, 0.15) is 5.82 Å². The van der Waals surface area contributed by atoms with Crippen LogP contribution in [-0.2, 0) is 0 Å². The second-order valence-electron chi connectivity index (χ2n) is 2.66. The molecule has 0 saturated carbocycles. The second kappa shape index (κ2) is 2.96. The van der Waals surface area contributed by atoms with E-state index < -0.39 is 0 Å². The van der Waals surface area contributed by atoms with E-state index in [0.717, 1.165) is 0 Å². The van der Waals surface area contributed by atoms with E-state index in [1.807, 2.05) is 0 Å². The standard InChI is InChI=1S/C9H5BrFNO/c10-9-8-2-1-7(11)5-6(8)3-4-12(9)13/h1-5H. The van der Waals surface area contributed by atoms with Crippen LogP contribution in [0.1, 0.15) is 0 Å². The summed E-state index contributed by atoms with van der Waals surface area (Å²) in [5, 5.41) is 12.5. The van der Waals surface area contributed by atoms with E-state index in [1.54, 1.807) is 12.1 Å². The van der Waals surface area contributed by atoms with Crippen molar-refractivity contribution < 1.29 is 9.12 Å². The van der Waals surface area contributed by atoms with Crippen molar-refractivity contribution in [1.82, 2.24) is 0 Å². The summed E-state index contributed by atoms with van der Waals surface area (Å²) in [5.74, 6) is -0.303. The summed E-state index contributed by atoms with van der Waals surface area (Å²) < 4.78 is 13.9. The number of benzene rings is 1. The number of pyridine rings is 1. The smallest absolute Gasteiger partial charge is 0.267 e. The normalized spacial score (nSPS) is 10.6. The highest BCUT2D eigenvalue weighted by Crippen LogP contribution is 2.20. The number of fused-ring (bicyclic) bond motifs is 1. The summed E-state index contributed by atoms with van der Waals surface area (Å²) >= 11 is 3.13. The van der Waals surface area contributed by atoms with Gasteiger partial charge in [-0.1, -0.05) is 0 Å². The molecule has 1 aromatic heterocycles.